The van der Waals surface area contributed by atoms with Crippen molar-refractivity contribution >= 4 is 5.91 Å². The van der Waals surface area contributed by atoms with Gasteiger partial charge >= 0.3 is 0 Å². The van der Waals surface area contributed by atoms with Crippen LogP contribution < -0.4 is 16.8 Å². The molecule has 0 saturated heterocycles. The second kappa shape index (κ2) is 9.48. The Morgan fingerprint density at radius 3 is 2.62 bits per heavy atom. The topological polar surface area (TPSA) is 78.9 Å². The molecule has 0 saturated carbocycles. The van der Waals surface area contributed by atoms with E-state index >= 15 is 0 Å². The maximum absolute atomic E-state index is 11.1. The van der Waals surface area contributed by atoms with Gasteiger partial charge in [-0.15, -0.1) is 0 Å². The Hall–Kier alpha value is -0.610. The van der Waals surface area contributed by atoms with Crippen LogP contribution in [0.1, 0.15) is 32.1 Å². The molecule has 0 aliphatic rings. The third-order valence-electron chi connectivity index (χ3n) is 1.78. The van der Waals surface area contributed by atoms with Crippen molar-refractivity contribution in [1.82, 2.24) is 11.1 Å². The van der Waals surface area contributed by atoms with Crippen molar-refractivity contribution in [2.75, 3.05) is 19.6 Å². The van der Waals surface area contributed by atoms with Crippen LogP contribution in [0.3, 0.4) is 0 Å². The molecule has 0 fully saturated rings. The number of carbonyl (C=O) groups excluding carboxylic acids is 1. The molecule has 0 aliphatic heterocycles. The fraction of sp³-hybridized carbons (Fsp3) is 0.889. The van der Waals surface area contributed by atoms with Crippen LogP contribution in [-0.4, -0.2) is 25.5 Å². The van der Waals surface area contributed by atoms with Crippen molar-refractivity contribution in [3.63, 3.8) is 0 Å². The summed E-state index contributed by atoms with van der Waals surface area (Å²) in [4.78, 5) is 11.1. The lowest BCUT2D eigenvalue weighted by Crippen LogP contribution is -2.24. The van der Waals surface area contributed by atoms with E-state index in [1.165, 1.54) is 0 Å². The second-order valence-electron chi connectivity index (χ2n) is 3.05. The van der Waals surface area contributed by atoms with Gasteiger partial charge in [-0.3, -0.25) is 10.5 Å². The van der Waals surface area contributed by atoms with Gasteiger partial charge in [-0.1, -0.05) is 0 Å². The minimum atomic E-state index is 0.102. The molecule has 0 aliphatic carbocycles. The molecule has 0 aromatic carbocycles. The van der Waals surface area contributed by atoms with E-state index in [-0.39, 0.29) is 5.91 Å². The van der Waals surface area contributed by atoms with Gasteiger partial charge in [0.2, 0.25) is 5.91 Å². The minimum Gasteiger partial charge on any atom is -0.356 e. The molecular formula is C9H20N3O. The minimum absolute atomic E-state index is 0.102. The van der Waals surface area contributed by atoms with Gasteiger partial charge in [-0.2, -0.15) is 0 Å². The second-order valence-corrected chi connectivity index (χ2v) is 3.05. The fourth-order valence-corrected chi connectivity index (χ4v) is 0.996. The molecule has 4 heteroatoms. The van der Waals surface area contributed by atoms with Crippen LogP contribution in [-0.2, 0) is 4.79 Å². The van der Waals surface area contributed by atoms with E-state index in [1.807, 2.05) is 0 Å². The summed E-state index contributed by atoms with van der Waals surface area (Å²) in [5.74, 6) is 0.102. The summed E-state index contributed by atoms with van der Waals surface area (Å²) >= 11 is 0. The van der Waals surface area contributed by atoms with Crippen LogP contribution in [0.5, 0.6) is 0 Å². The Balaban J connectivity index is 3.11. The van der Waals surface area contributed by atoms with E-state index in [9.17, 15) is 4.79 Å². The number of hydrogen-bond acceptors (Lipinski definition) is 2. The molecule has 0 spiro atoms. The van der Waals surface area contributed by atoms with E-state index in [0.29, 0.717) is 19.5 Å². The molecule has 4 nitrogen and oxygen atoms in total. The fourth-order valence-electron chi connectivity index (χ4n) is 0.996. The normalized spacial score (nSPS) is 10.0. The van der Waals surface area contributed by atoms with Crippen molar-refractivity contribution in [3.8, 4) is 0 Å². The zero-order valence-corrected chi connectivity index (χ0v) is 8.14. The molecular weight excluding hydrogens is 166 g/mol. The Kier molecular flexibility index (Phi) is 9.03. The first-order valence-corrected chi connectivity index (χ1v) is 4.92. The standard InChI is InChI=1S/C9H20N3O/c10-6-2-1-5-9(13)12-8-4-3-7-11/h10H,1-8,11H2,(H,12,13). The third-order valence-corrected chi connectivity index (χ3v) is 1.78. The van der Waals surface area contributed by atoms with E-state index < -0.39 is 0 Å². The van der Waals surface area contributed by atoms with Gasteiger partial charge in [-0.25, -0.2) is 0 Å². The van der Waals surface area contributed by atoms with Crippen LogP contribution in [0.15, 0.2) is 0 Å². The molecule has 0 aromatic heterocycles. The Morgan fingerprint density at radius 2 is 2.00 bits per heavy atom. The molecule has 0 unspecified atom stereocenters. The Morgan fingerprint density at radius 1 is 1.23 bits per heavy atom. The van der Waals surface area contributed by atoms with Crippen molar-refractivity contribution in [2.24, 2.45) is 5.73 Å². The van der Waals surface area contributed by atoms with Crippen LogP contribution in [0.25, 0.3) is 0 Å². The summed E-state index contributed by atoms with van der Waals surface area (Å²) in [6, 6.07) is 0. The number of nitrogens with two attached hydrogens (primary N) is 1. The van der Waals surface area contributed by atoms with Crippen LogP contribution >= 0.6 is 0 Å². The number of amides is 1. The molecule has 0 bridgehead atoms. The molecule has 0 rings (SSSR count). The molecule has 0 atom stereocenters. The van der Waals surface area contributed by atoms with E-state index in [0.717, 1.165) is 32.2 Å². The third kappa shape index (κ3) is 9.30. The van der Waals surface area contributed by atoms with Crippen molar-refractivity contribution < 1.29 is 4.79 Å². The number of nitrogens with one attached hydrogen (secondary N) is 2. The lowest BCUT2D eigenvalue weighted by Gasteiger charge is -2.03. The summed E-state index contributed by atoms with van der Waals surface area (Å²) in [5, 5.41) is 2.82. The van der Waals surface area contributed by atoms with Gasteiger partial charge in [-0.05, 0) is 32.2 Å². The summed E-state index contributed by atoms with van der Waals surface area (Å²) < 4.78 is 0. The highest BCUT2D eigenvalue weighted by atomic mass is 16.1. The highest BCUT2D eigenvalue weighted by Gasteiger charge is 1.98. The molecule has 0 aromatic rings. The zero-order chi connectivity index (χ0) is 9.94. The first-order valence-electron chi connectivity index (χ1n) is 4.92. The van der Waals surface area contributed by atoms with Gasteiger partial charge in [0.1, 0.15) is 0 Å². The predicted molar refractivity (Wildman–Crippen MR) is 53.1 cm³/mol. The van der Waals surface area contributed by atoms with E-state index in [1.54, 1.807) is 0 Å². The first-order chi connectivity index (χ1) is 6.31. The monoisotopic (exact) mass is 186 g/mol. The summed E-state index contributed by atoms with van der Waals surface area (Å²) in [6.45, 7) is 1.84. The molecule has 1 radical (unpaired) electrons. The number of rotatable bonds is 8. The van der Waals surface area contributed by atoms with Crippen LogP contribution in [0, 0.1) is 0 Å². The molecule has 13 heavy (non-hydrogen) atoms. The molecule has 77 valence electrons. The quantitative estimate of drug-likeness (QED) is 0.534. The highest BCUT2D eigenvalue weighted by molar-refractivity contribution is 5.75. The SMILES string of the molecule is [NH]CCCCC(=O)NCCCCN. The first kappa shape index (κ1) is 12.4. The van der Waals surface area contributed by atoms with Gasteiger partial charge in [0.25, 0.3) is 0 Å². The number of unbranched alkanes of at least 4 members (excludes halogenated alkanes) is 2. The lowest BCUT2D eigenvalue weighted by molar-refractivity contribution is -0.121. The average molecular weight is 186 g/mol. The molecule has 0 heterocycles. The lowest BCUT2D eigenvalue weighted by atomic mass is 10.2. The average Bonchev–Trinajstić information content (AvgIpc) is 2.13. The van der Waals surface area contributed by atoms with Gasteiger partial charge in [0, 0.05) is 19.5 Å². The summed E-state index contributed by atoms with van der Waals surface area (Å²) in [7, 11) is 0. The maximum atomic E-state index is 11.1. The molecule has 4 N–H and O–H groups in total. The maximum Gasteiger partial charge on any atom is 0.219 e. The van der Waals surface area contributed by atoms with Crippen LogP contribution in [0.2, 0.25) is 0 Å². The summed E-state index contributed by atoms with van der Waals surface area (Å²) in [5.41, 5.74) is 12.2. The van der Waals surface area contributed by atoms with Crippen molar-refractivity contribution in [3.05, 3.63) is 0 Å². The number of carbonyl (C=O) groups is 1. The predicted octanol–water partition coefficient (Wildman–Crippen LogP) is 0.295. The van der Waals surface area contributed by atoms with Gasteiger partial charge < -0.3 is 11.1 Å². The van der Waals surface area contributed by atoms with E-state index in [2.05, 4.69) is 5.32 Å². The van der Waals surface area contributed by atoms with Crippen molar-refractivity contribution in [1.29, 1.82) is 0 Å². The zero-order valence-electron chi connectivity index (χ0n) is 8.14. The Bertz CT molecular complexity index is 128. The molecule has 1 amide bonds. The largest absolute Gasteiger partial charge is 0.356 e. The smallest absolute Gasteiger partial charge is 0.219 e. The highest BCUT2D eigenvalue weighted by Crippen LogP contribution is 1.93. The Labute approximate surface area is 80.0 Å². The van der Waals surface area contributed by atoms with Crippen molar-refractivity contribution in [2.45, 2.75) is 32.1 Å². The van der Waals surface area contributed by atoms with E-state index in [4.69, 9.17) is 11.5 Å². The van der Waals surface area contributed by atoms with Gasteiger partial charge in [0.05, 0.1) is 0 Å². The summed E-state index contributed by atoms with van der Waals surface area (Å²) in [6.07, 6.45) is 4.12. The van der Waals surface area contributed by atoms with Crippen LogP contribution in [0.4, 0.5) is 0 Å². The number of hydrogen-bond donors (Lipinski definition) is 2. The van der Waals surface area contributed by atoms with Gasteiger partial charge in [0.15, 0.2) is 0 Å².